The van der Waals surface area contributed by atoms with Crippen LogP contribution in [0.3, 0.4) is 0 Å². The van der Waals surface area contributed by atoms with E-state index in [4.69, 9.17) is 4.52 Å². The Bertz CT molecular complexity index is 604. The summed E-state index contributed by atoms with van der Waals surface area (Å²) in [7, 11) is 0. The molecule has 4 rings (SSSR count). The van der Waals surface area contributed by atoms with E-state index in [0.29, 0.717) is 17.9 Å². The molecule has 25 heavy (non-hydrogen) atoms. The maximum Gasteiger partial charge on any atom is 0.240 e. The lowest BCUT2D eigenvalue weighted by atomic mass is 10.0. The zero-order valence-corrected chi connectivity index (χ0v) is 15.4. The van der Waals surface area contributed by atoms with Crippen molar-refractivity contribution in [3.8, 4) is 0 Å². The molecule has 3 aliphatic rings. The molecule has 3 fully saturated rings. The molecule has 1 aliphatic carbocycles. The highest BCUT2D eigenvalue weighted by Gasteiger charge is 2.36. The third-order valence-electron chi connectivity index (χ3n) is 5.70. The topological polar surface area (TPSA) is 65.7 Å². The third kappa shape index (κ3) is 3.72. The predicted octanol–water partition coefficient (Wildman–Crippen LogP) is 1.46. The number of piperazine rings is 1. The van der Waals surface area contributed by atoms with Crippen LogP contribution in [0.1, 0.15) is 57.2 Å². The average Bonchev–Trinajstić information content (AvgIpc) is 3.36. The first-order valence-corrected chi connectivity index (χ1v) is 9.71. The van der Waals surface area contributed by atoms with Crippen molar-refractivity contribution in [2.45, 2.75) is 64.1 Å². The van der Waals surface area contributed by atoms with Crippen molar-refractivity contribution in [2.75, 3.05) is 32.7 Å². The Morgan fingerprint density at radius 3 is 2.56 bits per heavy atom. The molecular weight excluding hydrogens is 318 g/mol. The highest BCUT2D eigenvalue weighted by Crippen LogP contribution is 2.38. The second kappa shape index (κ2) is 7.03. The molecule has 1 atom stereocenters. The molecule has 7 heteroatoms. The van der Waals surface area contributed by atoms with Gasteiger partial charge in [-0.25, -0.2) is 0 Å². The minimum absolute atomic E-state index is 0.0724. The van der Waals surface area contributed by atoms with Crippen molar-refractivity contribution in [3.05, 3.63) is 11.7 Å². The van der Waals surface area contributed by atoms with Gasteiger partial charge < -0.3 is 9.42 Å². The van der Waals surface area contributed by atoms with E-state index >= 15 is 0 Å². The van der Waals surface area contributed by atoms with Crippen LogP contribution in [-0.2, 0) is 11.3 Å². The lowest BCUT2D eigenvalue weighted by Gasteiger charge is -2.43. The van der Waals surface area contributed by atoms with E-state index in [1.165, 1.54) is 12.8 Å². The van der Waals surface area contributed by atoms with Crippen LogP contribution in [0.15, 0.2) is 4.52 Å². The summed E-state index contributed by atoms with van der Waals surface area (Å²) in [6, 6.07) is 0.373. The Kier molecular flexibility index (Phi) is 4.78. The smallest absolute Gasteiger partial charge is 0.240 e. The van der Waals surface area contributed by atoms with Crippen LogP contribution in [-0.4, -0.2) is 75.6 Å². The summed E-state index contributed by atoms with van der Waals surface area (Å²) < 4.78 is 5.39. The van der Waals surface area contributed by atoms with Crippen molar-refractivity contribution in [1.82, 2.24) is 24.8 Å². The molecule has 3 heterocycles. The fourth-order valence-electron chi connectivity index (χ4n) is 4.00. The SMILES string of the molecule is CC(C)N1CCCC(N2CCN(Cc3nc(C4CC4)no3)CC2)C1=O. The molecule has 0 radical (unpaired) electrons. The number of rotatable bonds is 5. The third-order valence-corrected chi connectivity index (χ3v) is 5.70. The van der Waals surface area contributed by atoms with Gasteiger partial charge in [-0.1, -0.05) is 5.16 Å². The number of hydrogen-bond donors (Lipinski definition) is 0. The van der Waals surface area contributed by atoms with Gasteiger partial charge in [0.15, 0.2) is 5.82 Å². The van der Waals surface area contributed by atoms with Crippen LogP contribution in [0.25, 0.3) is 0 Å². The molecule has 138 valence electrons. The summed E-state index contributed by atoms with van der Waals surface area (Å²) in [6.45, 7) is 9.63. The van der Waals surface area contributed by atoms with Gasteiger partial charge in [0.2, 0.25) is 11.8 Å². The quantitative estimate of drug-likeness (QED) is 0.803. The number of likely N-dealkylation sites (tertiary alicyclic amines) is 1. The molecule has 1 aromatic rings. The summed E-state index contributed by atoms with van der Waals surface area (Å²) in [6.07, 6.45) is 4.50. The van der Waals surface area contributed by atoms with Crippen molar-refractivity contribution >= 4 is 5.91 Å². The Labute approximate surface area is 149 Å². The first-order chi connectivity index (χ1) is 12.1. The molecule has 0 bridgehead atoms. The summed E-state index contributed by atoms with van der Waals surface area (Å²) in [5.41, 5.74) is 0. The van der Waals surface area contributed by atoms with E-state index in [9.17, 15) is 4.79 Å². The molecule has 2 aliphatic heterocycles. The van der Waals surface area contributed by atoms with Crippen molar-refractivity contribution < 1.29 is 9.32 Å². The summed E-state index contributed by atoms with van der Waals surface area (Å²) >= 11 is 0. The molecule has 2 saturated heterocycles. The van der Waals surface area contributed by atoms with Crippen LogP contribution in [0.4, 0.5) is 0 Å². The number of aromatic nitrogens is 2. The van der Waals surface area contributed by atoms with Gasteiger partial charge in [-0.15, -0.1) is 0 Å². The van der Waals surface area contributed by atoms with Crippen LogP contribution in [0.2, 0.25) is 0 Å². The van der Waals surface area contributed by atoms with Crippen molar-refractivity contribution in [3.63, 3.8) is 0 Å². The lowest BCUT2D eigenvalue weighted by Crippen LogP contribution is -2.58. The first kappa shape index (κ1) is 17.0. The number of amides is 1. The fourth-order valence-corrected chi connectivity index (χ4v) is 4.00. The minimum Gasteiger partial charge on any atom is -0.339 e. The molecule has 0 aromatic carbocycles. The van der Waals surface area contributed by atoms with E-state index in [0.717, 1.165) is 63.8 Å². The largest absolute Gasteiger partial charge is 0.339 e. The van der Waals surface area contributed by atoms with Crippen molar-refractivity contribution in [1.29, 1.82) is 0 Å². The molecule has 7 nitrogen and oxygen atoms in total. The number of carbonyl (C=O) groups is 1. The van der Waals surface area contributed by atoms with Gasteiger partial charge in [0.05, 0.1) is 12.6 Å². The minimum atomic E-state index is 0.0724. The Morgan fingerprint density at radius 1 is 1.12 bits per heavy atom. The lowest BCUT2D eigenvalue weighted by molar-refractivity contribution is -0.143. The van der Waals surface area contributed by atoms with Gasteiger partial charge in [0.25, 0.3) is 0 Å². The predicted molar refractivity (Wildman–Crippen MR) is 93.0 cm³/mol. The second-order valence-electron chi connectivity index (χ2n) is 7.92. The standard InChI is InChI=1S/C18H29N5O2/c1-13(2)23-7-3-4-15(18(23)24)22-10-8-21(9-11-22)12-16-19-17(20-25-16)14-5-6-14/h13-15H,3-12H2,1-2H3. The van der Waals surface area contributed by atoms with Gasteiger partial charge in [-0.3, -0.25) is 14.6 Å². The van der Waals surface area contributed by atoms with Gasteiger partial charge in [0, 0.05) is 44.7 Å². The normalized spacial score (nSPS) is 26.6. The number of hydrogen-bond acceptors (Lipinski definition) is 6. The van der Waals surface area contributed by atoms with Crippen LogP contribution in [0, 0.1) is 0 Å². The Morgan fingerprint density at radius 2 is 1.88 bits per heavy atom. The Balaban J connectivity index is 1.29. The summed E-state index contributed by atoms with van der Waals surface area (Å²) in [4.78, 5) is 24.0. The maximum atomic E-state index is 12.7. The van der Waals surface area contributed by atoms with E-state index in [1.54, 1.807) is 0 Å². The molecule has 1 saturated carbocycles. The molecule has 0 N–H and O–H groups in total. The van der Waals surface area contributed by atoms with Crippen LogP contribution < -0.4 is 0 Å². The van der Waals surface area contributed by atoms with Gasteiger partial charge >= 0.3 is 0 Å². The van der Waals surface area contributed by atoms with E-state index in [2.05, 4.69) is 33.8 Å². The summed E-state index contributed by atoms with van der Waals surface area (Å²) in [5.74, 6) is 2.47. The van der Waals surface area contributed by atoms with E-state index in [1.807, 2.05) is 4.90 Å². The molecular formula is C18H29N5O2. The van der Waals surface area contributed by atoms with E-state index < -0.39 is 0 Å². The zero-order valence-electron chi connectivity index (χ0n) is 15.4. The van der Waals surface area contributed by atoms with Gasteiger partial charge in [-0.2, -0.15) is 4.98 Å². The van der Waals surface area contributed by atoms with Crippen molar-refractivity contribution in [2.24, 2.45) is 0 Å². The molecule has 1 aromatic heterocycles. The van der Waals surface area contributed by atoms with Gasteiger partial charge in [-0.05, 0) is 39.5 Å². The monoisotopic (exact) mass is 347 g/mol. The molecule has 1 amide bonds. The number of piperidine rings is 1. The highest BCUT2D eigenvalue weighted by molar-refractivity contribution is 5.82. The average molecular weight is 347 g/mol. The second-order valence-corrected chi connectivity index (χ2v) is 7.92. The van der Waals surface area contributed by atoms with E-state index in [-0.39, 0.29) is 6.04 Å². The maximum absolute atomic E-state index is 12.7. The van der Waals surface area contributed by atoms with Crippen LogP contribution in [0.5, 0.6) is 0 Å². The van der Waals surface area contributed by atoms with Gasteiger partial charge in [0.1, 0.15) is 0 Å². The number of nitrogens with zero attached hydrogens (tertiary/aromatic N) is 5. The molecule has 0 spiro atoms. The fraction of sp³-hybridized carbons (Fsp3) is 0.833. The summed E-state index contributed by atoms with van der Waals surface area (Å²) in [5, 5.41) is 4.09. The highest BCUT2D eigenvalue weighted by atomic mass is 16.5. The number of carbonyl (C=O) groups excluding carboxylic acids is 1. The first-order valence-electron chi connectivity index (χ1n) is 9.71. The zero-order chi connectivity index (χ0) is 17.4. The molecule has 1 unspecified atom stereocenters. The van der Waals surface area contributed by atoms with Crippen LogP contribution >= 0.6 is 0 Å². The Hall–Kier alpha value is -1.47.